The Kier molecular flexibility index (Phi) is 8.56. The third-order valence-electron chi connectivity index (χ3n) is 5.02. The topological polar surface area (TPSA) is 52.8 Å². The first kappa shape index (κ1) is 21.3. The van der Waals surface area contributed by atoms with Crippen LogP contribution in [0.4, 0.5) is 0 Å². The first-order chi connectivity index (χ1) is 11.0. The molecule has 0 radical (unpaired) electrons. The van der Waals surface area contributed by atoms with E-state index in [4.69, 9.17) is 4.99 Å². The van der Waals surface area contributed by atoms with Crippen LogP contribution in [0, 0.1) is 5.41 Å². The molecule has 5 nitrogen and oxygen atoms in total. The highest BCUT2D eigenvalue weighted by Crippen LogP contribution is 2.36. The zero-order valence-corrected chi connectivity index (χ0v) is 17.8. The fourth-order valence-corrected chi connectivity index (χ4v) is 3.27. The first-order valence-corrected chi connectivity index (χ1v) is 8.74. The molecule has 24 heavy (non-hydrogen) atoms. The van der Waals surface area contributed by atoms with Crippen LogP contribution in [-0.2, 0) is 13.6 Å². The molecule has 2 atom stereocenters. The lowest BCUT2D eigenvalue weighted by atomic mass is 9.73. The monoisotopic (exact) mass is 448 g/mol. The molecule has 1 saturated carbocycles. The highest BCUT2D eigenvalue weighted by Gasteiger charge is 2.35. The summed E-state index contributed by atoms with van der Waals surface area (Å²) in [6.45, 7) is 6.59. The third kappa shape index (κ3) is 5.37. The van der Waals surface area contributed by atoms with Gasteiger partial charge in [0.25, 0.3) is 0 Å². The van der Waals surface area contributed by atoms with Gasteiger partial charge in [-0.2, -0.15) is 0 Å². The maximum absolute atomic E-state index is 10.3. The molecule has 138 valence electrons. The number of halogens is 1. The van der Waals surface area contributed by atoms with E-state index in [2.05, 4.69) is 61.1 Å². The van der Waals surface area contributed by atoms with Crippen LogP contribution in [0.1, 0.15) is 45.2 Å². The number of guanidine groups is 1. The van der Waals surface area contributed by atoms with Gasteiger partial charge in [-0.3, -0.25) is 4.99 Å². The van der Waals surface area contributed by atoms with Crippen molar-refractivity contribution in [1.29, 1.82) is 0 Å². The molecule has 0 spiro atoms. The number of aryl methyl sites for hydroxylation is 1. The van der Waals surface area contributed by atoms with Gasteiger partial charge in [0.05, 0.1) is 19.2 Å². The Balaban J connectivity index is 0.00000288. The molecule has 1 heterocycles. The van der Waals surface area contributed by atoms with Gasteiger partial charge in [-0.05, 0) is 31.9 Å². The predicted octanol–water partition coefficient (Wildman–Crippen LogP) is 2.98. The number of nitrogens with zero attached hydrogens (tertiary/aromatic N) is 3. The Morgan fingerprint density at radius 3 is 2.83 bits per heavy atom. The Bertz CT molecular complexity index is 531. The van der Waals surface area contributed by atoms with E-state index in [0.29, 0.717) is 6.54 Å². The number of hydrogen-bond donors (Lipinski definition) is 2. The number of aliphatic hydroxyl groups excluding tert-OH is 1. The molecule has 2 N–H and O–H groups in total. The van der Waals surface area contributed by atoms with E-state index in [1.807, 2.05) is 0 Å². The van der Waals surface area contributed by atoms with E-state index in [0.717, 1.165) is 38.3 Å². The van der Waals surface area contributed by atoms with Gasteiger partial charge in [0.2, 0.25) is 0 Å². The summed E-state index contributed by atoms with van der Waals surface area (Å²) in [4.78, 5) is 6.98. The number of aliphatic imine (C=N–C) groups is 1. The van der Waals surface area contributed by atoms with Crippen LogP contribution in [0.5, 0.6) is 0 Å². The molecule has 1 fully saturated rings. The highest BCUT2D eigenvalue weighted by atomic mass is 127. The summed E-state index contributed by atoms with van der Waals surface area (Å²) >= 11 is 0. The van der Waals surface area contributed by atoms with Crippen LogP contribution in [0.3, 0.4) is 0 Å². The third-order valence-corrected chi connectivity index (χ3v) is 5.02. The highest BCUT2D eigenvalue weighted by molar-refractivity contribution is 14.0. The summed E-state index contributed by atoms with van der Waals surface area (Å²) in [7, 11) is 4.13. The summed E-state index contributed by atoms with van der Waals surface area (Å²) in [5.41, 5.74) is 1.16. The van der Waals surface area contributed by atoms with Crippen molar-refractivity contribution >= 4 is 29.9 Å². The maximum atomic E-state index is 10.3. The number of rotatable bonds is 5. The van der Waals surface area contributed by atoms with Crippen molar-refractivity contribution < 1.29 is 5.11 Å². The standard InChI is InChI=1S/C18H32N4O.HI/c1-5-19-17(22(4)13-15-9-8-12-21(15)3)20-14-18(2)11-7-6-10-16(18)23;/h8-9,12,16,23H,5-7,10-11,13-14H2,1-4H3,(H,19,20);1H. The molecule has 0 bridgehead atoms. The van der Waals surface area contributed by atoms with Crippen LogP contribution in [0.25, 0.3) is 0 Å². The lowest BCUT2D eigenvalue weighted by molar-refractivity contribution is 0.00705. The van der Waals surface area contributed by atoms with Crippen LogP contribution in [-0.4, -0.2) is 46.8 Å². The van der Waals surface area contributed by atoms with E-state index < -0.39 is 0 Å². The summed E-state index contributed by atoms with van der Waals surface area (Å²) in [5, 5.41) is 13.7. The predicted molar refractivity (Wildman–Crippen MR) is 111 cm³/mol. The van der Waals surface area contributed by atoms with Crippen LogP contribution in [0.15, 0.2) is 23.3 Å². The van der Waals surface area contributed by atoms with Crippen molar-refractivity contribution in [2.75, 3.05) is 20.1 Å². The fraction of sp³-hybridized carbons (Fsp3) is 0.722. The van der Waals surface area contributed by atoms with Crippen LogP contribution >= 0.6 is 24.0 Å². The van der Waals surface area contributed by atoms with Crippen LogP contribution in [0.2, 0.25) is 0 Å². The molecule has 0 aromatic carbocycles. The Hall–Kier alpha value is -0.760. The van der Waals surface area contributed by atoms with Crippen molar-refractivity contribution in [3.05, 3.63) is 24.0 Å². The van der Waals surface area contributed by atoms with E-state index in [1.54, 1.807) is 0 Å². The molecular formula is C18H33IN4O. The molecule has 0 saturated heterocycles. The average Bonchev–Trinajstić information content (AvgIpc) is 2.92. The summed E-state index contributed by atoms with van der Waals surface area (Å²) in [5.74, 6) is 0.910. The molecule has 6 heteroatoms. The zero-order chi connectivity index (χ0) is 16.9. The lowest BCUT2D eigenvalue weighted by Crippen LogP contribution is -2.42. The average molecular weight is 448 g/mol. The summed E-state index contributed by atoms with van der Waals surface area (Å²) in [6, 6.07) is 4.19. The van der Waals surface area contributed by atoms with E-state index in [1.165, 1.54) is 12.1 Å². The second-order valence-corrected chi connectivity index (χ2v) is 7.05. The molecular weight excluding hydrogens is 415 g/mol. The largest absolute Gasteiger partial charge is 0.392 e. The zero-order valence-electron chi connectivity index (χ0n) is 15.5. The van der Waals surface area contributed by atoms with Crippen molar-refractivity contribution in [2.45, 2.75) is 52.2 Å². The van der Waals surface area contributed by atoms with E-state index >= 15 is 0 Å². The van der Waals surface area contributed by atoms with Gasteiger partial charge in [-0.15, -0.1) is 24.0 Å². The van der Waals surface area contributed by atoms with Crippen molar-refractivity contribution in [3.63, 3.8) is 0 Å². The van der Waals surface area contributed by atoms with Gasteiger partial charge < -0.3 is 19.9 Å². The van der Waals surface area contributed by atoms with Crippen LogP contribution < -0.4 is 5.32 Å². The second-order valence-electron chi connectivity index (χ2n) is 7.05. The minimum atomic E-state index is -0.235. The van der Waals surface area contributed by atoms with E-state index in [-0.39, 0.29) is 35.5 Å². The van der Waals surface area contributed by atoms with Gasteiger partial charge in [0, 0.05) is 37.9 Å². The minimum Gasteiger partial charge on any atom is -0.392 e. The van der Waals surface area contributed by atoms with Gasteiger partial charge in [-0.1, -0.05) is 19.8 Å². The number of hydrogen-bond acceptors (Lipinski definition) is 2. The Labute approximate surface area is 163 Å². The normalized spacial score (nSPS) is 24.4. The molecule has 0 amide bonds. The summed E-state index contributed by atoms with van der Waals surface area (Å²) < 4.78 is 2.13. The fourth-order valence-electron chi connectivity index (χ4n) is 3.27. The molecule has 1 aromatic rings. The van der Waals surface area contributed by atoms with Crippen molar-refractivity contribution in [3.8, 4) is 0 Å². The van der Waals surface area contributed by atoms with Gasteiger partial charge in [0.15, 0.2) is 5.96 Å². The molecule has 1 aliphatic carbocycles. The van der Waals surface area contributed by atoms with Crippen molar-refractivity contribution in [2.24, 2.45) is 17.5 Å². The van der Waals surface area contributed by atoms with Gasteiger partial charge >= 0.3 is 0 Å². The number of aromatic nitrogens is 1. The molecule has 1 aliphatic rings. The second kappa shape index (κ2) is 9.65. The number of nitrogens with one attached hydrogen (secondary N) is 1. The van der Waals surface area contributed by atoms with Crippen molar-refractivity contribution in [1.82, 2.24) is 14.8 Å². The SMILES string of the molecule is CCNC(=NCC1(C)CCCCC1O)N(C)Cc1cccn1C.I. The molecule has 1 aromatic heterocycles. The number of aliphatic hydroxyl groups is 1. The van der Waals surface area contributed by atoms with E-state index in [9.17, 15) is 5.11 Å². The first-order valence-electron chi connectivity index (χ1n) is 8.74. The molecule has 2 unspecified atom stereocenters. The molecule has 0 aliphatic heterocycles. The minimum absolute atomic E-state index is 0. The van der Waals surface area contributed by atoms with Gasteiger partial charge in [-0.25, -0.2) is 0 Å². The molecule has 2 rings (SSSR count). The quantitative estimate of drug-likeness (QED) is 0.414. The summed E-state index contributed by atoms with van der Waals surface area (Å²) in [6.07, 6.45) is 6.11. The smallest absolute Gasteiger partial charge is 0.194 e. The Morgan fingerprint density at radius 1 is 1.50 bits per heavy atom. The van der Waals surface area contributed by atoms with Gasteiger partial charge in [0.1, 0.15) is 0 Å². The Morgan fingerprint density at radius 2 is 2.25 bits per heavy atom. The maximum Gasteiger partial charge on any atom is 0.194 e. The lowest BCUT2D eigenvalue weighted by Gasteiger charge is -2.37.